The van der Waals surface area contributed by atoms with Crippen molar-refractivity contribution in [1.82, 2.24) is 0 Å². The molecule has 0 aliphatic heterocycles. The second-order valence-corrected chi connectivity index (χ2v) is 4.40. The zero-order valence-corrected chi connectivity index (χ0v) is 9.56. The lowest BCUT2D eigenvalue weighted by Crippen LogP contribution is -2.04. The van der Waals surface area contributed by atoms with Crippen LogP contribution in [0.2, 0.25) is 5.02 Å². The quantitative estimate of drug-likeness (QED) is 0.768. The van der Waals surface area contributed by atoms with Crippen molar-refractivity contribution >= 4 is 11.6 Å². The van der Waals surface area contributed by atoms with Crippen LogP contribution >= 0.6 is 11.6 Å². The highest BCUT2D eigenvalue weighted by Gasteiger charge is 2.46. The van der Waals surface area contributed by atoms with Crippen molar-refractivity contribution in [2.75, 3.05) is 7.11 Å². The van der Waals surface area contributed by atoms with E-state index in [0.29, 0.717) is 5.02 Å². The number of methoxy groups -OCH3 is 1. The summed E-state index contributed by atoms with van der Waals surface area (Å²) in [5.41, 5.74) is 1.56. The molecule has 78 valence electrons. The van der Waals surface area contributed by atoms with Gasteiger partial charge in [-0.1, -0.05) is 11.6 Å². The number of hydrogen-bond donors (Lipinski definition) is 0. The van der Waals surface area contributed by atoms with E-state index in [0.717, 1.165) is 29.7 Å². The Balaban J connectivity index is 2.54. The van der Waals surface area contributed by atoms with Crippen molar-refractivity contribution in [3.05, 3.63) is 28.3 Å². The summed E-state index contributed by atoms with van der Waals surface area (Å²) in [4.78, 5) is 0. The van der Waals surface area contributed by atoms with Gasteiger partial charge in [0.2, 0.25) is 0 Å². The molecule has 0 bridgehead atoms. The minimum atomic E-state index is -0.349. The Bertz CT molecular complexity index is 444. The van der Waals surface area contributed by atoms with Gasteiger partial charge in [0.25, 0.3) is 0 Å². The van der Waals surface area contributed by atoms with Crippen LogP contribution in [-0.2, 0) is 5.41 Å². The topological polar surface area (TPSA) is 33.0 Å². The molecule has 0 amide bonds. The summed E-state index contributed by atoms with van der Waals surface area (Å²) < 4.78 is 5.24. The van der Waals surface area contributed by atoms with Crippen LogP contribution in [0, 0.1) is 18.3 Å². The van der Waals surface area contributed by atoms with Gasteiger partial charge in [0, 0.05) is 5.02 Å². The number of halogens is 1. The molecule has 1 fully saturated rings. The van der Waals surface area contributed by atoms with Gasteiger partial charge in [-0.15, -0.1) is 0 Å². The molecule has 1 aliphatic rings. The van der Waals surface area contributed by atoms with E-state index in [1.165, 1.54) is 0 Å². The summed E-state index contributed by atoms with van der Waals surface area (Å²) in [6.07, 6.45) is 1.80. The molecule has 0 aromatic heterocycles. The lowest BCUT2D eigenvalue weighted by molar-refractivity contribution is 0.411. The van der Waals surface area contributed by atoms with Crippen molar-refractivity contribution in [1.29, 1.82) is 5.26 Å². The zero-order chi connectivity index (χ0) is 11.1. The van der Waals surface area contributed by atoms with Gasteiger partial charge < -0.3 is 4.74 Å². The number of nitriles is 1. The molecule has 0 N–H and O–H groups in total. The van der Waals surface area contributed by atoms with Crippen LogP contribution in [0.4, 0.5) is 0 Å². The molecule has 3 heteroatoms. The number of nitrogens with zero attached hydrogens (tertiary/aromatic N) is 1. The fourth-order valence-corrected chi connectivity index (χ4v) is 2.20. The third-order valence-corrected chi connectivity index (χ3v) is 3.28. The predicted octanol–water partition coefficient (Wildman–Crippen LogP) is 3.21. The number of rotatable bonds is 2. The summed E-state index contributed by atoms with van der Waals surface area (Å²) in [6.45, 7) is 1.94. The molecule has 0 spiro atoms. The highest BCUT2D eigenvalue weighted by atomic mass is 35.5. The summed E-state index contributed by atoms with van der Waals surface area (Å²) in [5, 5.41) is 9.79. The van der Waals surface area contributed by atoms with Gasteiger partial charge in [-0.2, -0.15) is 5.26 Å². The largest absolute Gasteiger partial charge is 0.496 e. The van der Waals surface area contributed by atoms with E-state index in [4.69, 9.17) is 21.6 Å². The molecule has 2 rings (SSSR count). The van der Waals surface area contributed by atoms with Crippen molar-refractivity contribution in [3.63, 3.8) is 0 Å². The van der Waals surface area contributed by atoms with Crippen molar-refractivity contribution in [3.8, 4) is 11.8 Å². The Kier molecular flexibility index (Phi) is 2.36. The van der Waals surface area contributed by atoms with E-state index in [1.54, 1.807) is 7.11 Å². The van der Waals surface area contributed by atoms with Crippen LogP contribution in [0.1, 0.15) is 24.0 Å². The van der Waals surface area contributed by atoms with Crippen LogP contribution in [0.15, 0.2) is 12.1 Å². The van der Waals surface area contributed by atoms with Crippen molar-refractivity contribution in [2.45, 2.75) is 25.2 Å². The van der Waals surface area contributed by atoms with Gasteiger partial charge >= 0.3 is 0 Å². The Morgan fingerprint density at radius 2 is 2.13 bits per heavy atom. The highest BCUT2D eigenvalue weighted by molar-refractivity contribution is 6.31. The minimum absolute atomic E-state index is 0.349. The zero-order valence-electron chi connectivity index (χ0n) is 8.80. The normalized spacial score (nSPS) is 16.9. The molecule has 0 unspecified atom stereocenters. The van der Waals surface area contributed by atoms with Crippen molar-refractivity contribution in [2.24, 2.45) is 0 Å². The molecule has 2 nitrogen and oxygen atoms in total. The summed E-state index contributed by atoms with van der Waals surface area (Å²) >= 11 is 6.16. The van der Waals surface area contributed by atoms with Gasteiger partial charge in [0.15, 0.2) is 0 Å². The van der Waals surface area contributed by atoms with Gasteiger partial charge in [-0.25, -0.2) is 0 Å². The number of hydrogen-bond acceptors (Lipinski definition) is 2. The number of aryl methyl sites for hydroxylation is 1. The predicted molar refractivity (Wildman–Crippen MR) is 59.3 cm³/mol. The van der Waals surface area contributed by atoms with E-state index >= 15 is 0 Å². The molecular weight excluding hydrogens is 210 g/mol. The Hall–Kier alpha value is -1.20. The molecule has 0 atom stereocenters. The van der Waals surface area contributed by atoms with Gasteiger partial charge in [0.05, 0.1) is 18.6 Å². The Morgan fingerprint density at radius 3 is 2.60 bits per heavy atom. The monoisotopic (exact) mass is 221 g/mol. The maximum atomic E-state index is 9.12. The van der Waals surface area contributed by atoms with Crippen LogP contribution in [0.5, 0.6) is 5.75 Å². The first kappa shape index (κ1) is 10.3. The molecule has 0 radical (unpaired) electrons. The van der Waals surface area contributed by atoms with E-state index in [2.05, 4.69) is 6.07 Å². The van der Waals surface area contributed by atoms with Crippen LogP contribution in [-0.4, -0.2) is 7.11 Å². The molecule has 0 saturated heterocycles. The molecule has 1 aromatic rings. The van der Waals surface area contributed by atoms with Crippen LogP contribution in [0.3, 0.4) is 0 Å². The molecule has 1 saturated carbocycles. The summed E-state index contributed by atoms with van der Waals surface area (Å²) in [7, 11) is 1.63. The van der Waals surface area contributed by atoms with Gasteiger partial charge in [-0.3, -0.25) is 0 Å². The lowest BCUT2D eigenvalue weighted by Gasteiger charge is -2.13. The average molecular weight is 222 g/mol. The van der Waals surface area contributed by atoms with E-state index in [9.17, 15) is 0 Å². The highest BCUT2D eigenvalue weighted by Crippen LogP contribution is 2.51. The maximum Gasteiger partial charge on any atom is 0.122 e. The van der Waals surface area contributed by atoms with Crippen molar-refractivity contribution < 1.29 is 4.74 Å². The summed E-state index contributed by atoms with van der Waals surface area (Å²) in [6, 6.07) is 6.11. The Labute approximate surface area is 94.4 Å². The van der Waals surface area contributed by atoms with Gasteiger partial charge in [-0.05, 0) is 43.0 Å². The van der Waals surface area contributed by atoms with Crippen LogP contribution < -0.4 is 4.74 Å². The summed E-state index contributed by atoms with van der Waals surface area (Å²) in [5.74, 6) is 0.802. The average Bonchev–Trinajstić information content (AvgIpc) is 2.99. The third-order valence-electron chi connectivity index (χ3n) is 2.96. The first-order valence-corrected chi connectivity index (χ1v) is 5.26. The molecular formula is C12H12ClNO. The molecule has 15 heavy (non-hydrogen) atoms. The van der Waals surface area contributed by atoms with Crippen LogP contribution in [0.25, 0.3) is 0 Å². The molecule has 0 heterocycles. The number of benzene rings is 1. The SMILES string of the molecule is COc1cc(C2(C#N)CC2)c(Cl)cc1C. The Morgan fingerprint density at radius 1 is 1.47 bits per heavy atom. The van der Waals surface area contributed by atoms with E-state index in [-0.39, 0.29) is 5.41 Å². The molecule has 1 aromatic carbocycles. The number of ether oxygens (including phenoxy) is 1. The standard InChI is InChI=1S/C12H12ClNO/c1-8-5-10(13)9(6-11(8)15-2)12(7-14)3-4-12/h5-6H,3-4H2,1-2H3. The van der Waals surface area contributed by atoms with E-state index < -0.39 is 0 Å². The van der Waals surface area contributed by atoms with Gasteiger partial charge in [0.1, 0.15) is 5.75 Å². The first-order chi connectivity index (χ1) is 7.13. The molecule has 1 aliphatic carbocycles. The van der Waals surface area contributed by atoms with E-state index in [1.807, 2.05) is 19.1 Å². The lowest BCUT2D eigenvalue weighted by atomic mass is 9.96. The second-order valence-electron chi connectivity index (χ2n) is 4.00. The fraction of sp³-hybridized carbons (Fsp3) is 0.417. The first-order valence-electron chi connectivity index (χ1n) is 4.89. The smallest absolute Gasteiger partial charge is 0.122 e. The maximum absolute atomic E-state index is 9.12. The second kappa shape index (κ2) is 3.43. The third kappa shape index (κ3) is 1.57. The fourth-order valence-electron chi connectivity index (χ4n) is 1.81. The minimum Gasteiger partial charge on any atom is -0.496 e.